The average molecular weight is 321 g/mol. The number of hydrogen-bond acceptors (Lipinski definition) is 5. The van der Waals surface area contributed by atoms with Crippen molar-refractivity contribution in [3.8, 4) is 5.75 Å². The van der Waals surface area contributed by atoms with Gasteiger partial charge in [0.25, 0.3) is 0 Å². The first-order chi connectivity index (χ1) is 10.4. The maximum Gasteiger partial charge on any atom is 0.190 e. The zero-order valence-corrected chi connectivity index (χ0v) is 14.3. The van der Waals surface area contributed by atoms with E-state index in [4.69, 9.17) is 4.74 Å². The molecular weight excluding hydrogens is 298 g/mol. The molecule has 22 heavy (non-hydrogen) atoms. The number of hydrogen-bond donors (Lipinski definition) is 1. The number of nitrogens with zero attached hydrogens (tertiary/aromatic N) is 3. The molecule has 0 spiro atoms. The lowest BCUT2D eigenvalue weighted by Gasteiger charge is -2.23. The van der Waals surface area contributed by atoms with E-state index in [9.17, 15) is 5.11 Å². The summed E-state index contributed by atoms with van der Waals surface area (Å²) in [5, 5.41) is 18.7. The lowest BCUT2D eigenvalue weighted by atomic mass is 9.86. The van der Waals surface area contributed by atoms with Crippen LogP contribution in [0, 0.1) is 0 Å². The fourth-order valence-electron chi connectivity index (χ4n) is 2.02. The van der Waals surface area contributed by atoms with Crippen molar-refractivity contribution < 1.29 is 9.84 Å². The molecule has 0 bridgehead atoms. The van der Waals surface area contributed by atoms with E-state index in [2.05, 4.69) is 37.0 Å². The first kappa shape index (κ1) is 16.8. The summed E-state index contributed by atoms with van der Waals surface area (Å²) in [4.78, 5) is 0. The summed E-state index contributed by atoms with van der Waals surface area (Å²) in [6.45, 7) is 6.71. The molecule has 1 atom stereocenters. The molecule has 1 aromatic carbocycles. The fraction of sp³-hybridized carbons (Fsp3) is 0.500. The van der Waals surface area contributed by atoms with Crippen molar-refractivity contribution in [2.45, 2.75) is 37.4 Å². The molecule has 0 saturated heterocycles. The molecule has 120 valence electrons. The predicted molar refractivity (Wildman–Crippen MR) is 88.4 cm³/mol. The van der Waals surface area contributed by atoms with Crippen molar-refractivity contribution in [1.82, 2.24) is 14.8 Å². The Morgan fingerprint density at radius 1 is 1.32 bits per heavy atom. The molecule has 1 heterocycles. The van der Waals surface area contributed by atoms with E-state index < -0.39 is 6.10 Å². The monoisotopic (exact) mass is 321 g/mol. The van der Waals surface area contributed by atoms with Crippen LogP contribution in [-0.2, 0) is 12.5 Å². The minimum Gasteiger partial charge on any atom is -0.491 e. The Hall–Kier alpha value is -1.53. The van der Waals surface area contributed by atoms with E-state index in [0.717, 1.165) is 16.5 Å². The standard InChI is InChI=1S/C16H23N3O2S/c1-16(2,3)13-7-5-6-8-14(13)21-9-12(20)10-22-15-18-17-11-19(15)4/h5-8,11-12,20H,9-10H2,1-4H3/t12-/m0/s1. The van der Waals surface area contributed by atoms with Crippen molar-refractivity contribution in [3.63, 3.8) is 0 Å². The van der Waals surface area contributed by atoms with E-state index in [1.165, 1.54) is 11.8 Å². The molecule has 0 aliphatic heterocycles. The third kappa shape index (κ3) is 4.48. The van der Waals surface area contributed by atoms with Crippen LogP contribution < -0.4 is 4.74 Å². The SMILES string of the molecule is Cn1cnnc1SC[C@@H](O)COc1ccccc1C(C)(C)C. The second-order valence-corrected chi connectivity index (χ2v) is 7.23. The van der Waals surface area contributed by atoms with Gasteiger partial charge in [0.15, 0.2) is 5.16 Å². The highest BCUT2D eigenvalue weighted by molar-refractivity contribution is 7.99. The van der Waals surface area contributed by atoms with Crippen molar-refractivity contribution in [2.75, 3.05) is 12.4 Å². The fourth-order valence-corrected chi connectivity index (χ4v) is 2.81. The third-order valence-corrected chi connectivity index (χ3v) is 4.38. The van der Waals surface area contributed by atoms with Gasteiger partial charge in [-0.1, -0.05) is 50.7 Å². The topological polar surface area (TPSA) is 60.2 Å². The van der Waals surface area contributed by atoms with Crippen molar-refractivity contribution in [3.05, 3.63) is 36.2 Å². The van der Waals surface area contributed by atoms with Crippen LogP contribution in [-0.4, -0.2) is 38.3 Å². The van der Waals surface area contributed by atoms with Gasteiger partial charge in [-0.05, 0) is 17.0 Å². The Morgan fingerprint density at radius 3 is 2.68 bits per heavy atom. The van der Waals surface area contributed by atoms with Crippen LogP contribution in [0.1, 0.15) is 26.3 Å². The van der Waals surface area contributed by atoms with Crippen LogP contribution in [0.4, 0.5) is 0 Å². The van der Waals surface area contributed by atoms with Gasteiger partial charge < -0.3 is 14.4 Å². The molecule has 2 aromatic rings. The zero-order chi connectivity index (χ0) is 16.2. The van der Waals surface area contributed by atoms with Crippen LogP contribution in [0.3, 0.4) is 0 Å². The van der Waals surface area contributed by atoms with E-state index >= 15 is 0 Å². The molecule has 0 fully saturated rings. The number of thioether (sulfide) groups is 1. The molecule has 0 radical (unpaired) electrons. The highest BCUT2D eigenvalue weighted by Crippen LogP contribution is 2.31. The van der Waals surface area contributed by atoms with E-state index in [-0.39, 0.29) is 12.0 Å². The van der Waals surface area contributed by atoms with Crippen molar-refractivity contribution in [2.24, 2.45) is 7.05 Å². The summed E-state index contributed by atoms with van der Waals surface area (Å²) in [5.74, 6) is 1.35. The Morgan fingerprint density at radius 2 is 2.05 bits per heavy atom. The first-order valence-electron chi connectivity index (χ1n) is 7.25. The summed E-state index contributed by atoms with van der Waals surface area (Å²) in [6.07, 6.45) is 1.08. The van der Waals surface area contributed by atoms with E-state index in [1.807, 2.05) is 29.8 Å². The molecular formula is C16H23N3O2S. The summed E-state index contributed by atoms with van der Waals surface area (Å²) in [5.41, 5.74) is 1.15. The first-order valence-corrected chi connectivity index (χ1v) is 8.23. The highest BCUT2D eigenvalue weighted by Gasteiger charge is 2.19. The summed E-state index contributed by atoms with van der Waals surface area (Å²) < 4.78 is 7.65. The number of ether oxygens (including phenoxy) is 1. The van der Waals surface area contributed by atoms with Gasteiger partial charge in [0.2, 0.25) is 0 Å². The average Bonchev–Trinajstić information content (AvgIpc) is 2.87. The highest BCUT2D eigenvalue weighted by atomic mass is 32.2. The Kier molecular flexibility index (Phi) is 5.47. The minimum absolute atomic E-state index is 0.00885. The normalized spacial score (nSPS) is 13.1. The van der Waals surface area contributed by atoms with Gasteiger partial charge in [0.1, 0.15) is 18.7 Å². The predicted octanol–water partition coefficient (Wildman–Crippen LogP) is 2.64. The van der Waals surface area contributed by atoms with Gasteiger partial charge in [0.05, 0.1) is 6.10 Å². The van der Waals surface area contributed by atoms with Gasteiger partial charge in [-0.3, -0.25) is 0 Å². The van der Waals surface area contributed by atoms with Crippen LogP contribution in [0.15, 0.2) is 35.7 Å². The Balaban J connectivity index is 1.89. The number of aryl methyl sites for hydroxylation is 1. The van der Waals surface area contributed by atoms with E-state index in [0.29, 0.717) is 5.75 Å². The molecule has 1 N–H and O–H groups in total. The number of rotatable bonds is 6. The van der Waals surface area contributed by atoms with Crippen LogP contribution in [0.5, 0.6) is 5.75 Å². The molecule has 0 aliphatic carbocycles. The van der Waals surface area contributed by atoms with Gasteiger partial charge in [0, 0.05) is 12.8 Å². The Labute approximate surface area is 135 Å². The number of aromatic nitrogens is 3. The lowest BCUT2D eigenvalue weighted by Crippen LogP contribution is -2.22. The molecule has 2 rings (SSSR count). The molecule has 0 amide bonds. The second-order valence-electron chi connectivity index (χ2n) is 6.25. The third-order valence-electron chi connectivity index (χ3n) is 3.20. The smallest absolute Gasteiger partial charge is 0.190 e. The van der Waals surface area contributed by atoms with Crippen LogP contribution >= 0.6 is 11.8 Å². The van der Waals surface area contributed by atoms with Gasteiger partial charge in [-0.15, -0.1) is 10.2 Å². The lowest BCUT2D eigenvalue weighted by molar-refractivity contribution is 0.125. The largest absolute Gasteiger partial charge is 0.491 e. The van der Waals surface area contributed by atoms with Crippen molar-refractivity contribution in [1.29, 1.82) is 0 Å². The number of benzene rings is 1. The maximum absolute atomic E-state index is 10.1. The maximum atomic E-state index is 10.1. The minimum atomic E-state index is -0.560. The Bertz CT molecular complexity index is 607. The zero-order valence-electron chi connectivity index (χ0n) is 13.5. The molecule has 6 heteroatoms. The number of aliphatic hydroxyl groups excluding tert-OH is 1. The van der Waals surface area contributed by atoms with Crippen LogP contribution in [0.2, 0.25) is 0 Å². The van der Waals surface area contributed by atoms with Gasteiger partial charge in [-0.2, -0.15) is 0 Å². The van der Waals surface area contributed by atoms with Gasteiger partial charge in [-0.25, -0.2) is 0 Å². The molecule has 0 unspecified atom stereocenters. The summed E-state index contributed by atoms with van der Waals surface area (Å²) in [6, 6.07) is 7.97. The second kappa shape index (κ2) is 7.15. The van der Waals surface area contributed by atoms with Crippen molar-refractivity contribution >= 4 is 11.8 Å². The van der Waals surface area contributed by atoms with Crippen LogP contribution in [0.25, 0.3) is 0 Å². The molecule has 0 aliphatic rings. The molecule has 0 saturated carbocycles. The summed E-state index contributed by atoms with van der Waals surface area (Å²) >= 11 is 1.47. The quantitative estimate of drug-likeness (QED) is 0.829. The molecule has 5 nitrogen and oxygen atoms in total. The number of para-hydroxylation sites is 1. The number of aliphatic hydroxyl groups is 1. The van der Waals surface area contributed by atoms with E-state index in [1.54, 1.807) is 6.33 Å². The van der Waals surface area contributed by atoms with Gasteiger partial charge >= 0.3 is 0 Å². The summed E-state index contributed by atoms with van der Waals surface area (Å²) in [7, 11) is 1.88. The molecule has 1 aromatic heterocycles.